The van der Waals surface area contributed by atoms with Crippen molar-refractivity contribution in [3.63, 3.8) is 0 Å². The van der Waals surface area contributed by atoms with Crippen LogP contribution in [-0.2, 0) is 36.0 Å². The van der Waals surface area contributed by atoms with Gasteiger partial charge in [0, 0.05) is 13.7 Å². The van der Waals surface area contributed by atoms with Crippen LogP contribution in [0, 0.1) is 0 Å². The highest BCUT2D eigenvalue weighted by molar-refractivity contribution is 5.29. The molecule has 0 radical (unpaired) electrons. The molecule has 16 heavy (non-hydrogen) atoms. The fraction of sp³-hybridized carbons (Fsp3) is 0.750. The molecule has 0 spiro atoms. The molecule has 1 aliphatic carbocycles. The van der Waals surface area contributed by atoms with Gasteiger partial charge in [0.1, 0.15) is 0 Å². The van der Waals surface area contributed by atoms with Crippen molar-refractivity contribution in [1.29, 1.82) is 0 Å². The largest absolute Gasteiger partial charge is 0.379 e. The van der Waals surface area contributed by atoms with E-state index in [4.69, 9.17) is 9.47 Å². The molecule has 0 amide bonds. The fourth-order valence-corrected chi connectivity index (χ4v) is 2.61. The highest BCUT2D eigenvalue weighted by atomic mass is 16.5. The van der Waals surface area contributed by atoms with Crippen molar-refractivity contribution < 1.29 is 9.47 Å². The average molecular weight is 222 g/mol. The van der Waals surface area contributed by atoms with Gasteiger partial charge in [0.25, 0.3) is 0 Å². The Labute approximate surface area is 95.5 Å². The minimum Gasteiger partial charge on any atom is -0.379 e. The lowest BCUT2D eigenvalue weighted by atomic mass is 10.2. The van der Waals surface area contributed by atoms with E-state index in [1.165, 1.54) is 29.8 Å². The van der Waals surface area contributed by atoms with Gasteiger partial charge in [-0.3, -0.25) is 4.68 Å². The van der Waals surface area contributed by atoms with Crippen LogP contribution >= 0.6 is 0 Å². The molecule has 2 aliphatic rings. The standard InChI is InChI=1S/C12H18N2O2/c1-14-12(8-16-9-5-6-15-7-9)10-3-2-4-11(10)13-14/h9H,2-8H2,1H3. The van der Waals surface area contributed by atoms with Gasteiger partial charge >= 0.3 is 0 Å². The normalized spacial score (nSPS) is 23.9. The molecule has 3 rings (SSSR count). The van der Waals surface area contributed by atoms with E-state index in [1.807, 2.05) is 11.7 Å². The number of fused-ring (bicyclic) bond motifs is 1. The van der Waals surface area contributed by atoms with Gasteiger partial charge in [0.15, 0.2) is 0 Å². The van der Waals surface area contributed by atoms with Crippen molar-refractivity contribution in [2.45, 2.75) is 38.4 Å². The zero-order valence-electron chi connectivity index (χ0n) is 9.74. The maximum atomic E-state index is 5.87. The maximum absolute atomic E-state index is 5.87. The zero-order valence-corrected chi connectivity index (χ0v) is 9.74. The lowest BCUT2D eigenvalue weighted by molar-refractivity contribution is 0.0284. The first-order valence-electron chi connectivity index (χ1n) is 6.07. The Hall–Kier alpha value is -0.870. The van der Waals surface area contributed by atoms with E-state index in [0.29, 0.717) is 6.61 Å². The number of nitrogens with zero attached hydrogens (tertiary/aromatic N) is 2. The van der Waals surface area contributed by atoms with Crippen LogP contribution in [0.2, 0.25) is 0 Å². The maximum Gasteiger partial charge on any atom is 0.0892 e. The average Bonchev–Trinajstić information content (AvgIpc) is 2.92. The highest BCUT2D eigenvalue weighted by Crippen LogP contribution is 2.25. The van der Waals surface area contributed by atoms with Crippen LogP contribution in [0.4, 0.5) is 0 Å². The summed E-state index contributed by atoms with van der Waals surface area (Å²) in [6.07, 6.45) is 4.86. The molecule has 0 saturated carbocycles. The topological polar surface area (TPSA) is 36.3 Å². The summed E-state index contributed by atoms with van der Waals surface area (Å²) in [4.78, 5) is 0. The summed E-state index contributed by atoms with van der Waals surface area (Å²) in [7, 11) is 2.02. The molecule has 1 saturated heterocycles. The molecule has 1 fully saturated rings. The second-order valence-electron chi connectivity index (χ2n) is 4.65. The molecule has 0 N–H and O–H groups in total. The lowest BCUT2D eigenvalue weighted by Crippen LogP contribution is -2.14. The van der Waals surface area contributed by atoms with Crippen LogP contribution in [0.3, 0.4) is 0 Å². The third kappa shape index (κ3) is 1.76. The fourth-order valence-electron chi connectivity index (χ4n) is 2.61. The predicted octanol–water partition coefficient (Wildman–Crippen LogP) is 1.21. The molecule has 4 nitrogen and oxygen atoms in total. The zero-order chi connectivity index (χ0) is 11.0. The van der Waals surface area contributed by atoms with Gasteiger partial charge < -0.3 is 9.47 Å². The van der Waals surface area contributed by atoms with Crippen LogP contribution in [0.5, 0.6) is 0 Å². The Balaban J connectivity index is 1.69. The van der Waals surface area contributed by atoms with Gasteiger partial charge in [-0.1, -0.05) is 0 Å². The van der Waals surface area contributed by atoms with E-state index < -0.39 is 0 Å². The predicted molar refractivity (Wildman–Crippen MR) is 59.2 cm³/mol. The molecule has 4 heteroatoms. The minimum absolute atomic E-state index is 0.284. The molecular formula is C12H18N2O2. The van der Waals surface area contributed by atoms with E-state index in [2.05, 4.69) is 5.10 Å². The van der Waals surface area contributed by atoms with Gasteiger partial charge in [-0.25, -0.2) is 0 Å². The monoisotopic (exact) mass is 222 g/mol. The number of aryl methyl sites for hydroxylation is 2. The number of hydrogen-bond donors (Lipinski definition) is 0. The Kier molecular flexibility index (Phi) is 2.69. The van der Waals surface area contributed by atoms with Gasteiger partial charge in [0.05, 0.1) is 30.7 Å². The molecule has 0 bridgehead atoms. The Bertz CT molecular complexity index is 381. The highest BCUT2D eigenvalue weighted by Gasteiger charge is 2.22. The third-order valence-electron chi connectivity index (χ3n) is 3.54. The van der Waals surface area contributed by atoms with Crippen molar-refractivity contribution in [3.8, 4) is 0 Å². The number of hydrogen-bond acceptors (Lipinski definition) is 3. The Morgan fingerprint density at radius 2 is 2.44 bits per heavy atom. The van der Waals surface area contributed by atoms with E-state index in [9.17, 15) is 0 Å². The van der Waals surface area contributed by atoms with Crippen LogP contribution in [0.15, 0.2) is 0 Å². The van der Waals surface area contributed by atoms with Gasteiger partial charge in [0.2, 0.25) is 0 Å². The molecule has 1 aromatic rings. The molecule has 0 aromatic carbocycles. The molecule has 1 aromatic heterocycles. The van der Waals surface area contributed by atoms with Crippen LogP contribution < -0.4 is 0 Å². The van der Waals surface area contributed by atoms with Crippen LogP contribution in [0.1, 0.15) is 29.8 Å². The summed E-state index contributed by atoms with van der Waals surface area (Å²) in [5, 5.41) is 4.54. The summed E-state index contributed by atoms with van der Waals surface area (Å²) in [5.74, 6) is 0. The molecule has 2 heterocycles. The summed E-state index contributed by atoms with van der Waals surface area (Å²) < 4.78 is 13.2. The molecular weight excluding hydrogens is 204 g/mol. The molecule has 1 aliphatic heterocycles. The van der Waals surface area contributed by atoms with Crippen molar-refractivity contribution >= 4 is 0 Å². The quantitative estimate of drug-likeness (QED) is 0.771. The van der Waals surface area contributed by atoms with Crippen LogP contribution in [0.25, 0.3) is 0 Å². The van der Waals surface area contributed by atoms with Crippen molar-refractivity contribution in [2.24, 2.45) is 7.05 Å². The van der Waals surface area contributed by atoms with E-state index in [-0.39, 0.29) is 6.10 Å². The number of aromatic nitrogens is 2. The number of rotatable bonds is 3. The van der Waals surface area contributed by atoms with E-state index >= 15 is 0 Å². The Morgan fingerprint density at radius 1 is 1.50 bits per heavy atom. The van der Waals surface area contributed by atoms with Crippen molar-refractivity contribution in [3.05, 3.63) is 17.0 Å². The summed E-state index contributed by atoms with van der Waals surface area (Å²) >= 11 is 0. The first-order chi connectivity index (χ1) is 7.84. The van der Waals surface area contributed by atoms with E-state index in [0.717, 1.165) is 26.1 Å². The first kappa shape index (κ1) is 10.3. The molecule has 88 valence electrons. The SMILES string of the molecule is Cn1nc2c(c1COC1CCOC1)CCC2. The number of ether oxygens (including phenoxy) is 2. The van der Waals surface area contributed by atoms with Gasteiger partial charge in [-0.15, -0.1) is 0 Å². The first-order valence-corrected chi connectivity index (χ1v) is 6.07. The summed E-state index contributed by atoms with van der Waals surface area (Å²) in [6.45, 7) is 2.28. The second-order valence-corrected chi connectivity index (χ2v) is 4.65. The van der Waals surface area contributed by atoms with Crippen molar-refractivity contribution in [2.75, 3.05) is 13.2 Å². The summed E-state index contributed by atoms with van der Waals surface area (Å²) in [5.41, 5.74) is 3.98. The molecule has 1 atom stereocenters. The molecule has 1 unspecified atom stereocenters. The lowest BCUT2D eigenvalue weighted by Gasteiger charge is -2.11. The third-order valence-corrected chi connectivity index (χ3v) is 3.54. The van der Waals surface area contributed by atoms with E-state index in [1.54, 1.807) is 0 Å². The minimum atomic E-state index is 0.284. The van der Waals surface area contributed by atoms with Gasteiger partial charge in [-0.05, 0) is 31.2 Å². The Morgan fingerprint density at radius 3 is 3.25 bits per heavy atom. The smallest absolute Gasteiger partial charge is 0.0892 e. The van der Waals surface area contributed by atoms with Crippen LogP contribution in [-0.4, -0.2) is 29.1 Å². The second kappa shape index (κ2) is 4.18. The summed E-state index contributed by atoms with van der Waals surface area (Å²) in [6, 6.07) is 0. The van der Waals surface area contributed by atoms with Gasteiger partial charge in [-0.2, -0.15) is 5.10 Å². The van der Waals surface area contributed by atoms with Crippen molar-refractivity contribution in [1.82, 2.24) is 9.78 Å².